The number of methoxy groups -OCH3 is 1. The van der Waals surface area contributed by atoms with Crippen molar-refractivity contribution in [3.8, 4) is 17.0 Å². The monoisotopic (exact) mass is 496 g/mol. The van der Waals surface area contributed by atoms with Gasteiger partial charge in [-0.15, -0.1) is 0 Å². The molecule has 4 rings (SSSR count). The molecule has 176 valence electrons. The molecule has 2 aromatic carbocycles. The molecule has 1 saturated heterocycles. The fourth-order valence-electron chi connectivity index (χ4n) is 3.56. The molecule has 0 aliphatic carbocycles. The van der Waals surface area contributed by atoms with Gasteiger partial charge in [0.2, 0.25) is 17.7 Å². The van der Waals surface area contributed by atoms with E-state index in [4.69, 9.17) is 4.74 Å². The Morgan fingerprint density at radius 1 is 1.21 bits per heavy atom. The summed E-state index contributed by atoms with van der Waals surface area (Å²) in [6.45, 7) is 0.287. The first kappa shape index (κ1) is 23.8. The van der Waals surface area contributed by atoms with Gasteiger partial charge < -0.3 is 20.3 Å². The summed E-state index contributed by atoms with van der Waals surface area (Å²) in [5.74, 6) is -0.0546. The summed E-state index contributed by atoms with van der Waals surface area (Å²) in [5, 5.41) is 6.18. The van der Waals surface area contributed by atoms with E-state index in [9.17, 15) is 14.4 Å². The van der Waals surface area contributed by atoms with E-state index in [1.807, 2.05) is 48.5 Å². The van der Waals surface area contributed by atoms with Crippen molar-refractivity contribution in [3.63, 3.8) is 0 Å². The average Bonchev–Trinajstić information content (AvgIpc) is 3.46. The van der Waals surface area contributed by atoms with Crippen LogP contribution in [-0.4, -0.2) is 49.2 Å². The van der Waals surface area contributed by atoms with Crippen molar-refractivity contribution in [3.05, 3.63) is 54.6 Å². The van der Waals surface area contributed by atoms with Crippen molar-refractivity contribution < 1.29 is 19.1 Å². The highest BCUT2D eigenvalue weighted by Gasteiger charge is 2.36. The van der Waals surface area contributed by atoms with Crippen LogP contribution in [0.1, 0.15) is 6.42 Å². The Morgan fingerprint density at radius 3 is 2.74 bits per heavy atom. The number of nitrogens with one attached hydrogen (secondary N) is 2. The number of carbonyl (C=O) groups excluding carboxylic acids is 3. The smallest absolute Gasteiger partial charge is 0.230 e. The van der Waals surface area contributed by atoms with E-state index in [0.29, 0.717) is 26.5 Å². The minimum atomic E-state index is -0.494. The molecule has 1 aliphatic rings. The number of aromatic nitrogens is 1. The molecule has 0 radical (unpaired) electrons. The molecule has 0 saturated carbocycles. The normalized spacial score (nSPS) is 15.3. The number of hydrogen-bond donors (Lipinski definition) is 2. The largest absolute Gasteiger partial charge is 0.497 e. The van der Waals surface area contributed by atoms with E-state index in [-0.39, 0.29) is 36.4 Å². The second kappa shape index (κ2) is 10.7. The maximum Gasteiger partial charge on any atom is 0.230 e. The first-order chi connectivity index (χ1) is 16.5. The van der Waals surface area contributed by atoms with Gasteiger partial charge >= 0.3 is 0 Å². The molecule has 3 amide bonds. The predicted molar refractivity (Wildman–Crippen MR) is 134 cm³/mol. The lowest BCUT2D eigenvalue weighted by atomic mass is 10.1. The second-order valence-corrected chi connectivity index (χ2v) is 9.80. The molecule has 1 aliphatic heterocycles. The molecule has 34 heavy (non-hydrogen) atoms. The number of rotatable bonds is 8. The van der Waals surface area contributed by atoms with Crippen LogP contribution in [0.4, 0.5) is 10.7 Å². The van der Waals surface area contributed by atoms with Crippen LogP contribution < -0.4 is 20.3 Å². The van der Waals surface area contributed by atoms with E-state index in [2.05, 4.69) is 15.6 Å². The van der Waals surface area contributed by atoms with E-state index >= 15 is 0 Å². The third-order valence-electron chi connectivity index (χ3n) is 5.36. The highest BCUT2D eigenvalue weighted by molar-refractivity contribution is 8.01. The molecule has 0 spiro atoms. The maximum atomic E-state index is 13.2. The zero-order valence-corrected chi connectivity index (χ0v) is 20.4. The van der Waals surface area contributed by atoms with Gasteiger partial charge in [0.15, 0.2) is 4.34 Å². The van der Waals surface area contributed by atoms with Crippen molar-refractivity contribution in [1.82, 2.24) is 10.3 Å². The van der Waals surface area contributed by atoms with Gasteiger partial charge in [-0.05, 0) is 12.1 Å². The van der Waals surface area contributed by atoms with Gasteiger partial charge in [-0.25, -0.2) is 4.98 Å². The summed E-state index contributed by atoms with van der Waals surface area (Å²) < 4.78 is 5.93. The lowest BCUT2D eigenvalue weighted by Crippen LogP contribution is -2.28. The van der Waals surface area contributed by atoms with Gasteiger partial charge in [0, 0.05) is 37.3 Å². The third-order valence-corrected chi connectivity index (χ3v) is 7.47. The number of anilines is 2. The fraction of sp³-hybridized carbons (Fsp3) is 0.250. The van der Waals surface area contributed by atoms with Crippen LogP contribution in [0.5, 0.6) is 5.75 Å². The molecule has 1 aromatic heterocycles. The summed E-state index contributed by atoms with van der Waals surface area (Å²) in [4.78, 5) is 43.7. The summed E-state index contributed by atoms with van der Waals surface area (Å²) in [6.07, 6.45) is 0.126. The highest BCUT2D eigenvalue weighted by atomic mass is 32.2. The Hall–Kier alpha value is -3.37. The topological polar surface area (TPSA) is 101 Å². The lowest BCUT2D eigenvalue weighted by Gasteiger charge is -2.17. The Bertz CT molecular complexity index is 1200. The fourth-order valence-corrected chi connectivity index (χ4v) is 5.50. The van der Waals surface area contributed by atoms with Gasteiger partial charge in [-0.1, -0.05) is 59.5 Å². The molecule has 10 heteroatoms. The number of nitrogens with zero attached hydrogens (tertiary/aromatic N) is 2. The standard InChI is InChI=1S/C24H24N4O4S2/c1-25-19(29)14-33-24-26-21(15-7-4-3-5-8-15)23(34-24)27-22(31)16-11-20(30)28(13-16)17-9-6-10-18(12-17)32-2/h3-10,12,16H,11,13-14H2,1-2H3,(H,25,29)(H,27,31). The van der Waals surface area contributed by atoms with E-state index in [1.165, 1.54) is 23.1 Å². The SMILES string of the molecule is CNC(=O)CSc1nc(-c2ccccc2)c(NC(=O)C2CC(=O)N(c3cccc(OC)c3)C2)s1. The molecule has 2 N–H and O–H groups in total. The summed E-state index contributed by atoms with van der Waals surface area (Å²) in [5.41, 5.74) is 2.21. The number of ether oxygens (including phenoxy) is 1. The Kier molecular flexibility index (Phi) is 7.49. The number of hydrogen-bond acceptors (Lipinski definition) is 7. The quantitative estimate of drug-likeness (QED) is 0.462. The Labute approximate surface area is 205 Å². The second-order valence-electron chi connectivity index (χ2n) is 7.58. The molecule has 1 unspecified atom stereocenters. The van der Waals surface area contributed by atoms with E-state index < -0.39 is 5.92 Å². The summed E-state index contributed by atoms with van der Waals surface area (Å²) in [7, 11) is 3.16. The predicted octanol–water partition coefficient (Wildman–Crippen LogP) is 3.65. The van der Waals surface area contributed by atoms with Gasteiger partial charge in [-0.2, -0.15) is 0 Å². The Balaban J connectivity index is 1.52. The van der Waals surface area contributed by atoms with Crippen molar-refractivity contribution in [2.75, 3.05) is 36.7 Å². The van der Waals surface area contributed by atoms with E-state index in [0.717, 1.165) is 5.56 Å². The van der Waals surface area contributed by atoms with Crippen LogP contribution >= 0.6 is 23.1 Å². The first-order valence-electron chi connectivity index (χ1n) is 10.6. The summed E-state index contributed by atoms with van der Waals surface area (Å²) in [6, 6.07) is 16.8. The molecule has 1 atom stereocenters. The first-order valence-corrected chi connectivity index (χ1v) is 12.4. The Morgan fingerprint density at radius 2 is 2.00 bits per heavy atom. The van der Waals surface area contributed by atoms with Crippen LogP contribution in [0.15, 0.2) is 58.9 Å². The van der Waals surface area contributed by atoms with Crippen LogP contribution in [0, 0.1) is 5.92 Å². The molecule has 8 nitrogen and oxygen atoms in total. The minimum absolute atomic E-state index is 0.103. The van der Waals surface area contributed by atoms with Crippen molar-refractivity contribution in [2.45, 2.75) is 10.8 Å². The zero-order valence-electron chi connectivity index (χ0n) is 18.7. The molecule has 1 fully saturated rings. The molecular weight excluding hydrogens is 472 g/mol. The number of benzene rings is 2. The van der Waals surface area contributed by atoms with Crippen molar-refractivity contribution in [1.29, 1.82) is 0 Å². The molecule has 3 aromatic rings. The lowest BCUT2D eigenvalue weighted by molar-refractivity contribution is -0.122. The average molecular weight is 497 g/mol. The summed E-state index contributed by atoms with van der Waals surface area (Å²) >= 11 is 2.64. The van der Waals surface area contributed by atoms with Gasteiger partial charge in [0.25, 0.3) is 0 Å². The number of thiazole rings is 1. The maximum absolute atomic E-state index is 13.2. The third kappa shape index (κ3) is 5.40. The zero-order chi connectivity index (χ0) is 24.1. The minimum Gasteiger partial charge on any atom is -0.497 e. The number of carbonyl (C=O) groups is 3. The molecular formula is C24H24N4O4S2. The van der Waals surface area contributed by atoms with E-state index in [1.54, 1.807) is 25.1 Å². The van der Waals surface area contributed by atoms with Crippen LogP contribution in [0.3, 0.4) is 0 Å². The van der Waals surface area contributed by atoms with Crippen molar-refractivity contribution in [2.24, 2.45) is 5.92 Å². The van der Waals surface area contributed by atoms with Gasteiger partial charge in [-0.3, -0.25) is 14.4 Å². The molecule has 0 bridgehead atoms. The van der Waals surface area contributed by atoms with Gasteiger partial charge in [0.1, 0.15) is 16.4 Å². The van der Waals surface area contributed by atoms with Crippen molar-refractivity contribution >= 4 is 51.5 Å². The van der Waals surface area contributed by atoms with Crippen LogP contribution in [-0.2, 0) is 14.4 Å². The molecule has 2 heterocycles. The number of amides is 3. The van der Waals surface area contributed by atoms with Crippen LogP contribution in [0.2, 0.25) is 0 Å². The van der Waals surface area contributed by atoms with Crippen LogP contribution in [0.25, 0.3) is 11.3 Å². The highest BCUT2D eigenvalue weighted by Crippen LogP contribution is 2.38. The van der Waals surface area contributed by atoms with Gasteiger partial charge in [0.05, 0.1) is 18.8 Å². The number of thioether (sulfide) groups is 1.